The van der Waals surface area contributed by atoms with Crippen molar-refractivity contribution in [2.75, 3.05) is 5.73 Å². The third-order valence-electron chi connectivity index (χ3n) is 4.87. The lowest BCUT2D eigenvalue weighted by molar-refractivity contribution is -0.226. The number of anilines is 1. The van der Waals surface area contributed by atoms with E-state index >= 15 is 0 Å². The maximum atomic E-state index is 10.3. The van der Waals surface area contributed by atoms with Gasteiger partial charge in [-0.15, -0.1) is 0 Å². The maximum Gasteiger partial charge on any atom is 0.160 e. The second-order valence-electron chi connectivity index (χ2n) is 6.96. The molecule has 1 saturated heterocycles. The molecule has 4 atom stereocenters. The third-order valence-corrected chi connectivity index (χ3v) is 4.87. The second kappa shape index (κ2) is 4.21. The Balaban J connectivity index is 1.69. The maximum absolute atomic E-state index is 10.3. The quantitative estimate of drug-likeness (QED) is 0.701. The number of hydrogen-bond acceptors (Lipinski definition) is 7. The van der Waals surface area contributed by atoms with E-state index in [-0.39, 0.29) is 6.10 Å². The van der Waals surface area contributed by atoms with Crippen molar-refractivity contribution in [1.82, 2.24) is 14.6 Å². The summed E-state index contributed by atoms with van der Waals surface area (Å²) < 4.78 is 13.5. The number of fused-ring (bicyclic) bond motifs is 2. The van der Waals surface area contributed by atoms with E-state index in [1.54, 1.807) is 25.3 Å². The van der Waals surface area contributed by atoms with Crippen LogP contribution in [0.1, 0.15) is 39.0 Å². The van der Waals surface area contributed by atoms with Gasteiger partial charge in [-0.2, -0.15) is 5.10 Å². The van der Waals surface area contributed by atoms with Crippen molar-refractivity contribution < 1.29 is 19.7 Å². The molecule has 2 aliphatic rings. The average Bonchev–Trinajstić information content (AvgIpc) is 2.84. The Morgan fingerprint density at radius 1 is 1.48 bits per heavy atom. The molecule has 2 aromatic rings. The topological polar surface area (TPSA) is 115 Å². The molecule has 1 unspecified atom stereocenters. The molecular weight excluding hydrogens is 300 g/mol. The number of aliphatic hydroxyl groups excluding tert-OH is 1. The van der Waals surface area contributed by atoms with Gasteiger partial charge in [-0.25, -0.2) is 9.50 Å². The van der Waals surface area contributed by atoms with Gasteiger partial charge in [-0.1, -0.05) is 0 Å². The number of aromatic nitrogens is 3. The summed E-state index contributed by atoms with van der Waals surface area (Å²) in [5.41, 5.74) is 5.60. The first kappa shape index (κ1) is 14.8. The monoisotopic (exact) mass is 320 g/mol. The Labute approximate surface area is 132 Å². The molecule has 4 rings (SSSR count). The van der Waals surface area contributed by atoms with Gasteiger partial charge in [-0.3, -0.25) is 0 Å². The zero-order valence-electron chi connectivity index (χ0n) is 13.2. The predicted molar refractivity (Wildman–Crippen MR) is 80.4 cm³/mol. The molecule has 4 N–H and O–H groups in total. The summed E-state index contributed by atoms with van der Waals surface area (Å²) in [5.74, 6) is -0.965. The van der Waals surface area contributed by atoms with Crippen molar-refractivity contribution in [2.45, 2.75) is 56.4 Å². The lowest BCUT2D eigenvalue weighted by Crippen LogP contribution is -2.35. The highest BCUT2D eigenvalue weighted by atomic mass is 16.7. The van der Waals surface area contributed by atoms with Crippen molar-refractivity contribution in [2.24, 2.45) is 0 Å². The zero-order chi connectivity index (χ0) is 16.6. The normalized spacial score (nSPS) is 36.4. The minimum absolute atomic E-state index is 0.317. The molecule has 23 heavy (non-hydrogen) atoms. The fourth-order valence-corrected chi connectivity index (χ4v) is 3.73. The van der Waals surface area contributed by atoms with E-state index < -0.39 is 23.1 Å². The van der Waals surface area contributed by atoms with Gasteiger partial charge in [0, 0.05) is 6.42 Å². The molecule has 1 aliphatic carbocycles. The number of aliphatic hydroxyl groups is 2. The number of nitrogens with zero attached hydrogens (tertiary/aromatic N) is 3. The molecule has 2 fully saturated rings. The van der Waals surface area contributed by atoms with Crippen molar-refractivity contribution in [3.8, 4) is 0 Å². The van der Waals surface area contributed by atoms with Crippen LogP contribution >= 0.6 is 0 Å². The highest BCUT2D eigenvalue weighted by Gasteiger charge is 2.82. The lowest BCUT2D eigenvalue weighted by atomic mass is 10.1. The van der Waals surface area contributed by atoms with E-state index in [0.29, 0.717) is 17.8 Å². The van der Waals surface area contributed by atoms with Crippen LogP contribution in [0, 0.1) is 0 Å². The molecule has 0 spiro atoms. The molecule has 8 nitrogen and oxygen atoms in total. The predicted octanol–water partition coefficient (Wildman–Crippen LogP) is 0.390. The number of nitrogens with two attached hydrogens (primary N) is 1. The highest BCUT2D eigenvalue weighted by molar-refractivity contribution is 5.65. The van der Waals surface area contributed by atoms with E-state index in [0.717, 1.165) is 5.69 Å². The summed E-state index contributed by atoms with van der Waals surface area (Å²) in [6.07, 6.45) is 0.720. The Morgan fingerprint density at radius 3 is 2.91 bits per heavy atom. The third kappa shape index (κ3) is 1.86. The number of ether oxygens (including phenoxy) is 2. The van der Waals surface area contributed by atoms with Gasteiger partial charge in [0.2, 0.25) is 0 Å². The van der Waals surface area contributed by atoms with Crippen molar-refractivity contribution in [3.05, 3.63) is 24.2 Å². The minimum Gasteiger partial charge on any atom is -0.387 e. The van der Waals surface area contributed by atoms with Crippen LogP contribution in [0.15, 0.2) is 18.5 Å². The molecule has 3 heterocycles. The molecule has 0 bridgehead atoms. The van der Waals surface area contributed by atoms with Crippen LogP contribution < -0.4 is 5.73 Å². The fourth-order valence-electron chi connectivity index (χ4n) is 3.73. The smallest absolute Gasteiger partial charge is 0.160 e. The van der Waals surface area contributed by atoms with Gasteiger partial charge in [0.25, 0.3) is 0 Å². The van der Waals surface area contributed by atoms with Crippen LogP contribution in [0.25, 0.3) is 5.52 Å². The first-order valence-electron chi connectivity index (χ1n) is 7.54. The molecule has 0 aromatic carbocycles. The van der Waals surface area contributed by atoms with Crippen molar-refractivity contribution in [1.29, 1.82) is 0 Å². The molecule has 124 valence electrons. The minimum atomic E-state index is -1.36. The van der Waals surface area contributed by atoms with Gasteiger partial charge in [0.15, 0.2) is 11.6 Å². The summed E-state index contributed by atoms with van der Waals surface area (Å²) in [6.45, 7) is 4.88. The Hall–Kier alpha value is -1.74. The Bertz CT molecular complexity index is 785. The standard InChI is InChI=1S/C15H20N4O4/c1-13(2,21)23-15-6-10(22-14(15,3)12(15)20)8-4-5-9-11(16)17-7-18-19(8)9/h4-5,7,10,12,20-21H,6H2,1-3H3,(H2,16,17,18)/t10-,12?,14-,15-/m1/s1. The summed E-state index contributed by atoms with van der Waals surface area (Å²) in [6, 6.07) is 3.71. The summed E-state index contributed by atoms with van der Waals surface area (Å²) in [7, 11) is 0. The van der Waals surface area contributed by atoms with Gasteiger partial charge in [0.1, 0.15) is 35.3 Å². The number of hydrogen-bond donors (Lipinski definition) is 3. The summed E-state index contributed by atoms with van der Waals surface area (Å²) >= 11 is 0. The van der Waals surface area contributed by atoms with Crippen LogP contribution in [0.5, 0.6) is 0 Å². The first-order chi connectivity index (χ1) is 10.7. The first-order valence-corrected chi connectivity index (χ1v) is 7.54. The van der Waals surface area contributed by atoms with Crippen LogP contribution in [-0.4, -0.2) is 47.9 Å². The van der Waals surface area contributed by atoms with Crippen molar-refractivity contribution >= 4 is 11.3 Å². The molecular formula is C15H20N4O4. The van der Waals surface area contributed by atoms with E-state index in [9.17, 15) is 10.2 Å². The summed E-state index contributed by atoms with van der Waals surface area (Å²) in [4.78, 5) is 3.97. The zero-order valence-corrected chi connectivity index (χ0v) is 13.2. The van der Waals surface area contributed by atoms with Gasteiger partial charge >= 0.3 is 0 Å². The Kier molecular flexibility index (Phi) is 2.71. The molecule has 0 amide bonds. The Morgan fingerprint density at radius 2 is 2.22 bits per heavy atom. The average molecular weight is 320 g/mol. The summed E-state index contributed by atoms with van der Waals surface area (Å²) in [5, 5.41) is 24.5. The van der Waals surface area contributed by atoms with E-state index in [2.05, 4.69) is 10.1 Å². The molecule has 1 saturated carbocycles. The number of nitrogen functional groups attached to an aromatic ring is 1. The SMILES string of the molecule is CC(C)(O)O[C@@]12C[C@H](c3ccc4c(N)ncnn34)O[C@]1(C)C2O. The lowest BCUT2D eigenvalue weighted by Gasteiger charge is -2.25. The van der Waals surface area contributed by atoms with Gasteiger partial charge in [0.05, 0.1) is 5.69 Å². The molecule has 2 aromatic heterocycles. The molecule has 1 aliphatic heterocycles. The molecule has 0 radical (unpaired) electrons. The van der Waals surface area contributed by atoms with E-state index in [1.165, 1.54) is 6.33 Å². The largest absolute Gasteiger partial charge is 0.387 e. The fraction of sp³-hybridized carbons (Fsp3) is 0.600. The van der Waals surface area contributed by atoms with Crippen LogP contribution in [0.4, 0.5) is 5.82 Å². The van der Waals surface area contributed by atoms with Gasteiger partial charge in [-0.05, 0) is 32.9 Å². The van der Waals surface area contributed by atoms with Crippen LogP contribution in [0.2, 0.25) is 0 Å². The highest BCUT2D eigenvalue weighted by Crippen LogP contribution is 2.66. The van der Waals surface area contributed by atoms with E-state index in [1.807, 2.05) is 12.1 Å². The van der Waals surface area contributed by atoms with E-state index in [4.69, 9.17) is 15.2 Å². The van der Waals surface area contributed by atoms with Crippen molar-refractivity contribution in [3.63, 3.8) is 0 Å². The number of rotatable bonds is 3. The van der Waals surface area contributed by atoms with Gasteiger partial charge < -0.3 is 25.4 Å². The molecule has 8 heteroatoms. The van der Waals surface area contributed by atoms with Crippen LogP contribution in [0.3, 0.4) is 0 Å². The van der Waals surface area contributed by atoms with Crippen LogP contribution in [-0.2, 0) is 9.47 Å². The second-order valence-corrected chi connectivity index (χ2v) is 6.96.